The molecule has 0 saturated carbocycles. The van der Waals surface area contributed by atoms with Crippen LogP contribution in [-0.2, 0) is 18.3 Å². The van der Waals surface area contributed by atoms with E-state index < -0.39 is 5.72 Å². The zero-order valence-corrected chi connectivity index (χ0v) is 16.5. The summed E-state index contributed by atoms with van der Waals surface area (Å²) in [5.41, 5.74) is 5.39. The van der Waals surface area contributed by atoms with Gasteiger partial charge in [0.05, 0.1) is 5.41 Å². The molecule has 0 aliphatic carbocycles. The smallest absolute Gasteiger partial charge is 0.211 e. The summed E-state index contributed by atoms with van der Waals surface area (Å²) < 4.78 is 6.87. The Balaban J connectivity index is 1.87. The minimum absolute atomic E-state index is 0.183. The van der Waals surface area contributed by atoms with Crippen LogP contribution in [0, 0.1) is 0 Å². The SMILES string of the molecule is C=CCc1cc2c(c(CC=C)c1)OC1(C=C2)N(C)c2ccccc2C1(C)C. The molecule has 0 N–H and O–H groups in total. The van der Waals surface area contributed by atoms with Crippen LogP contribution >= 0.6 is 0 Å². The Labute approximate surface area is 162 Å². The van der Waals surface area contributed by atoms with Gasteiger partial charge in [-0.15, -0.1) is 13.2 Å². The zero-order chi connectivity index (χ0) is 19.2. The summed E-state index contributed by atoms with van der Waals surface area (Å²) >= 11 is 0. The number of rotatable bonds is 4. The standard InChI is InChI=1S/C25H27NO/c1-6-10-18-16-19(11-7-2)23-20(17-18)14-15-25(27-23)24(3,4)21-12-8-9-13-22(21)26(25)5/h6-9,12-17H,1-2,10-11H2,3-5H3. The van der Waals surface area contributed by atoms with E-state index in [9.17, 15) is 0 Å². The molecule has 0 fully saturated rings. The number of ether oxygens (including phenoxy) is 1. The van der Waals surface area contributed by atoms with Gasteiger partial charge in [0, 0.05) is 18.3 Å². The lowest BCUT2D eigenvalue weighted by Gasteiger charge is -2.46. The summed E-state index contributed by atoms with van der Waals surface area (Å²) in [6.07, 6.45) is 9.98. The Morgan fingerprint density at radius 2 is 1.81 bits per heavy atom. The predicted molar refractivity (Wildman–Crippen MR) is 115 cm³/mol. The van der Waals surface area contributed by atoms with Crippen molar-refractivity contribution in [1.29, 1.82) is 0 Å². The molecule has 0 saturated heterocycles. The number of likely N-dealkylation sites (N-methyl/N-ethyl adjacent to an activating group) is 1. The van der Waals surface area contributed by atoms with Crippen LogP contribution in [0.4, 0.5) is 5.69 Å². The van der Waals surface area contributed by atoms with E-state index in [0.29, 0.717) is 0 Å². The summed E-state index contributed by atoms with van der Waals surface area (Å²) in [6, 6.07) is 13.0. The van der Waals surface area contributed by atoms with Crippen LogP contribution in [0.5, 0.6) is 5.75 Å². The van der Waals surface area contributed by atoms with Gasteiger partial charge in [0.1, 0.15) is 5.75 Å². The van der Waals surface area contributed by atoms with E-state index in [-0.39, 0.29) is 5.41 Å². The van der Waals surface area contributed by atoms with Gasteiger partial charge >= 0.3 is 0 Å². The molecule has 1 atom stereocenters. The number of anilines is 1. The quantitative estimate of drug-likeness (QED) is 0.653. The van der Waals surface area contributed by atoms with Crippen molar-refractivity contribution in [2.24, 2.45) is 0 Å². The molecule has 2 heteroatoms. The maximum atomic E-state index is 6.87. The second-order valence-corrected chi connectivity index (χ2v) is 7.99. The molecule has 2 aromatic rings. The summed E-state index contributed by atoms with van der Waals surface area (Å²) in [5, 5.41) is 0. The zero-order valence-electron chi connectivity index (χ0n) is 16.5. The molecule has 2 aromatic carbocycles. The number of allylic oxidation sites excluding steroid dienone is 2. The summed E-state index contributed by atoms with van der Waals surface area (Å²) in [5.74, 6) is 0.970. The number of fused-ring (bicyclic) bond motifs is 2. The van der Waals surface area contributed by atoms with Gasteiger partial charge in [-0.25, -0.2) is 0 Å². The van der Waals surface area contributed by atoms with Gasteiger partial charge in [-0.3, -0.25) is 0 Å². The highest BCUT2D eigenvalue weighted by atomic mass is 16.5. The van der Waals surface area contributed by atoms with Crippen molar-refractivity contribution in [3.05, 3.63) is 90.0 Å². The van der Waals surface area contributed by atoms with Gasteiger partial charge in [0.15, 0.2) is 0 Å². The molecule has 2 aliphatic heterocycles. The molecule has 2 nitrogen and oxygen atoms in total. The van der Waals surface area contributed by atoms with Gasteiger partial charge < -0.3 is 9.64 Å². The van der Waals surface area contributed by atoms with E-state index in [1.54, 1.807) is 0 Å². The maximum Gasteiger partial charge on any atom is 0.211 e. The molecule has 0 bridgehead atoms. The van der Waals surface area contributed by atoms with Gasteiger partial charge in [-0.05, 0) is 67.7 Å². The van der Waals surface area contributed by atoms with Crippen molar-refractivity contribution in [3.8, 4) is 5.75 Å². The highest BCUT2D eigenvalue weighted by molar-refractivity contribution is 5.73. The first-order chi connectivity index (χ1) is 12.9. The molecule has 1 unspecified atom stereocenters. The van der Waals surface area contributed by atoms with Crippen molar-refractivity contribution in [3.63, 3.8) is 0 Å². The van der Waals surface area contributed by atoms with Crippen LogP contribution in [0.25, 0.3) is 6.08 Å². The fraction of sp³-hybridized carbons (Fsp3) is 0.280. The molecule has 27 heavy (non-hydrogen) atoms. The monoisotopic (exact) mass is 357 g/mol. The molecule has 4 rings (SSSR count). The van der Waals surface area contributed by atoms with Crippen LogP contribution in [0.15, 0.2) is 67.8 Å². The maximum absolute atomic E-state index is 6.87. The molecule has 0 radical (unpaired) electrons. The summed E-state index contributed by atoms with van der Waals surface area (Å²) in [4.78, 5) is 2.27. The molecule has 138 valence electrons. The number of hydrogen-bond acceptors (Lipinski definition) is 2. The largest absolute Gasteiger partial charge is 0.462 e. The fourth-order valence-electron chi connectivity index (χ4n) is 4.62. The average Bonchev–Trinajstić information content (AvgIpc) is 2.82. The molecular formula is C25H27NO. The Hall–Kier alpha value is -2.74. The fourth-order valence-corrected chi connectivity index (χ4v) is 4.62. The lowest BCUT2D eigenvalue weighted by Crippen LogP contribution is -2.58. The van der Waals surface area contributed by atoms with Gasteiger partial charge in [-0.2, -0.15) is 0 Å². The van der Waals surface area contributed by atoms with Crippen LogP contribution in [-0.4, -0.2) is 12.8 Å². The van der Waals surface area contributed by atoms with Crippen LogP contribution in [0.3, 0.4) is 0 Å². The van der Waals surface area contributed by atoms with E-state index in [4.69, 9.17) is 4.74 Å². The Morgan fingerprint density at radius 1 is 1.07 bits per heavy atom. The van der Waals surface area contributed by atoms with Crippen LogP contribution < -0.4 is 9.64 Å². The van der Waals surface area contributed by atoms with Gasteiger partial charge in [0.25, 0.3) is 0 Å². The van der Waals surface area contributed by atoms with Crippen molar-refractivity contribution >= 4 is 11.8 Å². The normalized spacial score (nSPS) is 21.5. The van der Waals surface area contributed by atoms with Gasteiger partial charge in [0.2, 0.25) is 5.72 Å². The highest BCUT2D eigenvalue weighted by Crippen LogP contribution is 2.54. The number of para-hydroxylation sites is 1. The highest BCUT2D eigenvalue weighted by Gasteiger charge is 2.57. The Morgan fingerprint density at radius 3 is 2.52 bits per heavy atom. The summed E-state index contributed by atoms with van der Waals surface area (Å²) in [7, 11) is 2.13. The molecular weight excluding hydrogens is 330 g/mol. The molecule has 1 spiro atoms. The van der Waals surface area contributed by atoms with E-state index in [2.05, 4.69) is 87.5 Å². The van der Waals surface area contributed by atoms with Crippen LogP contribution in [0.1, 0.15) is 36.1 Å². The second-order valence-electron chi connectivity index (χ2n) is 7.99. The first-order valence-electron chi connectivity index (χ1n) is 9.54. The van der Waals surface area contributed by atoms with E-state index >= 15 is 0 Å². The molecule has 0 amide bonds. The number of nitrogens with zero attached hydrogens (tertiary/aromatic N) is 1. The van der Waals surface area contributed by atoms with Gasteiger partial charge in [-0.1, -0.05) is 36.4 Å². The van der Waals surface area contributed by atoms with Crippen LogP contribution in [0.2, 0.25) is 0 Å². The Bertz CT molecular complexity index is 953. The first-order valence-corrected chi connectivity index (χ1v) is 9.54. The van der Waals surface area contributed by atoms with E-state index in [0.717, 1.165) is 24.2 Å². The van der Waals surface area contributed by atoms with Crippen molar-refractivity contribution in [2.45, 2.75) is 37.8 Å². The lowest BCUT2D eigenvalue weighted by molar-refractivity contribution is 0.0572. The molecule has 2 aliphatic rings. The number of hydrogen-bond donors (Lipinski definition) is 0. The first kappa shape index (κ1) is 17.7. The number of benzene rings is 2. The Kier molecular flexibility index (Phi) is 4.03. The average molecular weight is 357 g/mol. The van der Waals surface area contributed by atoms with Crippen molar-refractivity contribution in [2.75, 3.05) is 11.9 Å². The topological polar surface area (TPSA) is 12.5 Å². The molecule has 2 heterocycles. The van der Waals surface area contributed by atoms with Crippen molar-refractivity contribution in [1.82, 2.24) is 0 Å². The second kappa shape index (κ2) is 6.16. The third kappa shape index (κ3) is 2.39. The minimum Gasteiger partial charge on any atom is -0.462 e. The third-order valence-electron chi connectivity index (χ3n) is 6.08. The summed E-state index contributed by atoms with van der Waals surface area (Å²) in [6.45, 7) is 12.4. The van der Waals surface area contributed by atoms with E-state index in [1.165, 1.54) is 22.4 Å². The predicted octanol–water partition coefficient (Wildman–Crippen LogP) is 5.67. The molecule has 0 aromatic heterocycles. The van der Waals surface area contributed by atoms with Crippen molar-refractivity contribution < 1.29 is 4.74 Å². The minimum atomic E-state index is -0.542. The van der Waals surface area contributed by atoms with E-state index in [1.807, 2.05) is 12.2 Å². The third-order valence-corrected chi connectivity index (χ3v) is 6.08. The lowest BCUT2D eigenvalue weighted by atomic mass is 9.76.